The predicted octanol–water partition coefficient (Wildman–Crippen LogP) is -0.655. The van der Waals surface area contributed by atoms with Crippen molar-refractivity contribution >= 4 is 11.7 Å². The minimum absolute atomic E-state index is 0.144. The Kier molecular flexibility index (Phi) is 3.87. The third-order valence-corrected chi connectivity index (χ3v) is 3.67. The first-order chi connectivity index (χ1) is 9.40. The Balaban J connectivity index is 2.18. The van der Waals surface area contributed by atoms with Crippen LogP contribution < -0.4 is 11.1 Å². The number of piperidine rings is 1. The largest absolute Gasteiger partial charge is 0.340 e. The zero-order chi connectivity index (χ0) is 14.9. The van der Waals surface area contributed by atoms with Gasteiger partial charge in [0.25, 0.3) is 11.1 Å². The van der Waals surface area contributed by atoms with Crippen molar-refractivity contribution in [2.75, 3.05) is 13.1 Å². The predicted molar refractivity (Wildman–Crippen MR) is 71.6 cm³/mol. The molecule has 0 radical (unpaired) electrons. The number of Topliss-reactive ketones (excluding diaryl/α,β-unsaturated/α-hetero) is 1. The molecule has 0 atom stereocenters. The maximum atomic E-state index is 12.1. The minimum atomic E-state index is -0.372. The molecule has 108 valence electrons. The smallest absolute Gasteiger partial charge is 0.268 e. The van der Waals surface area contributed by atoms with Crippen LogP contribution in [0.5, 0.6) is 0 Å². The minimum Gasteiger partial charge on any atom is -0.340 e. The average molecular weight is 279 g/mol. The van der Waals surface area contributed by atoms with Crippen LogP contribution in [0, 0.1) is 13.8 Å². The van der Waals surface area contributed by atoms with E-state index in [4.69, 9.17) is 0 Å². The van der Waals surface area contributed by atoms with Crippen molar-refractivity contribution in [1.29, 1.82) is 0 Å². The third kappa shape index (κ3) is 2.71. The first-order valence-corrected chi connectivity index (χ1v) is 6.50. The molecule has 1 aromatic rings. The zero-order valence-electron chi connectivity index (χ0n) is 11.6. The van der Waals surface area contributed by atoms with Gasteiger partial charge in [-0.3, -0.25) is 24.3 Å². The number of nitrogens with zero attached hydrogens (tertiary/aromatic N) is 2. The molecular formula is C13H17N3O4. The molecule has 20 heavy (non-hydrogen) atoms. The third-order valence-electron chi connectivity index (χ3n) is 3.67. The molecule has 2 heterocycles. The fourth-order valence-electron chi connectivity index (χ4n) is 2.14. The molecule has 1 aromatic heterocycles. The lowest BCUT2D eigenvalue weighted by molar-refractivity contribution is -0.135. The van der Waals surface area contributed by atoms with Crippen LogP contribution in [0.1, 0.15) is 24.0 Å². The first kappa shape index (κ1) is 14.2. The molecule has 1 N–H and O–H groups in total. The summed E-state index contributed by atoms with van der Waals surface area (Å²) in [6.45, 7) is 3.68. The van der Waals surface area contributed by atoms with Gasteiger partial charge >= 0.3 is 0 Å². The maximum absolute atomic E-state index is 12.1. The van der Waals surface area contributed by atoms with E-state index in [1.165, 1.54) is 0 Å². The van der Waals surface area contributed by atoms with Crippen molar-refractivity contribution in [1.82, 2.24) is 14.7 Å². The van der Waals surface area contributed by atoms with Gasteiger partial charge in [0.2, 0.25) is 5.91 Å². The van der Waals surface area contributed by atoms with Crippen molar-refractivity contribution in [2.24, 2.45) is 0 Å². The van der Waals surface area contributed by atoms with Crippen LogP contribution in [0.2, 0.25) is 0 Å². The quantitative estimate of drug-likeness (QED) is 0.778. The summed E-state index contributed by atoms with van der Waals surface area (Å²) in [7, 11) is 0. The van der Waals surface area contributed by atoms with Gasteiger partial charge in [0.15, 0.2) is 0 Å². The monoisotopic (exact) mass is 279 g/mol. The molecule has 0 aromatic carbocycles. The number of carbonyl (C=O) groups excluding carboxylic acids is 2. The molecule has 0 saturated carbocycles. The molecule has 1 saturated heterocycles. The van der Waals surface area contributed by atoms with Gasteiger partial charge < -0.3 is 4.90 Å². The van der Waals surface area contributed by atoms with Gasteiger partial charge in [-0.2, -0.15) is 0 Å². The number of likely N-dealkylation sites (tertiary alicyclic amines) is 1. The average Bonchev–Trinajstić information content (AvgIpc) is 2.43. The SMILES string of the molecule is Cc1c(C)c(=O)n(CC(=O)N2CCC(=O)CC2)[nH]c1=O. The van der Waals surface area contributed by atoms with Crippen LogP contribution in [0.3, 0.4) is 0 Å². The Hall–Kier alpha value is -2.18. The lowest BCUT2D eigenvalue weighted by Crippen LogP contribution is -2.43. The fraction of sp³-hybridized carbons (Fsp3) is 0.538. The van der Waals surface area contributed by atoms with E-state index in [9.17, 15) is 19.2 Å². The van der Waals surface area contributed by atoms with Crippen LogP contribution in [0.25, 0.3) is 0 Å². The molecule has 1 aliphatic rings. The summed E-state index contributed by atoms with van der Waals surface area (Å²) < 4.78 is 1.03. The summed E-state index contributed by atoms with van der Waals surface area (Å²) in [5.74, 6) is -0.121. The summed E-state index contributed by atoms with van der Waals surface area (Å²) in [5.41, 5.74) is -0.0371. The van der Waals surface area contributed by atoms with E-state index in [-0.39, 0.29) is 29.4 Å². The molecule has 7 nitrogen and oxygen atoms in total. The lowest BCUT2D eigenvalue weighted by Gasteiger charge is -2.26. The summed E-state index contributed by atoms with van der Waals surface area (Å²) >= 11 is 0. The van der Waals surface area contributed by atoms with Crippen molar-refractivity contribution in [3.05, 3.63) is 31.8 Å². The van der Waals surface area contributed by atoms with Crippen LogP contribution in [-0.2, 0) is 16.1 Å². The molecule has 0 spiro atoms. The number of carbonyl (C=O) groups is 2. The molecule has 0 unspecified atom stereocenters. The Labute approximate surface area is 115 Å². The number of aromatic nitrogens is 2. The van der Waals surface area contributed by atoms with Crippen LogP contribution in [-0.4, -0.2) is 39.5 Å². The Morgan fingerprint density at radius 2 is 1.70 bits per heavy atom. The van der Waals surface area contributed by atoms with Crippen molar-refractivity contribution in [3.8, 4) is 0 Å². The summed E-state index contributed by atoms with van der Waals surface area (Å²) in [5, 5.41) is 2.40. The summed E-state index contributed by atoms with van der Waals surface area (Å²) in [6.07, 6.45) is 0.703. The summed E-state index contributed by atoms with van der Waals surface area (Å²) in [4.78, 5) is 48.3. The van der Waals surface area contributed by atoms with E-state index in [1.807, 2.05) is 0 Å². The molecule has 1 amide bonds. The second kappa shape index (κ2) is 5.44. The van der Waals surface area contributed by atoms with Gasteiger partial charge in [-0.1, -0.05) is 0 Å². The number of amides is 1. The van der Waals surface area contributed by atoms with E-state index in [0.717, 1.165) is 4.68 Å². The number of rotatable bonds is 2. The van der Waals surface area contributed by atoms with E-state index in [1.54, 1.807) is 18.7 Å². The van der Waals surface area contributed by atoms with E-state index in [2.05, 4.69) is 5.10 Å². The highest BCUT2D eigenvalue weighted by atomic mass is 16.2. The van der Waals surface area contributed by atoms with Crippen molar-refractivity contribution < 1.29 is 9.59 Å². The molecule has 0 aliphatic carbocycles. The molecule has 7 heteroatoms. The Bertz CT molecular complexity index is 661. The number of H-pyrrole nitrogens is 1. The Morgan fingerprint density at radius 3 is 2.30 bits per heavy atom. The van der Waals surface area contributed by atoms with E-state index in [0.29, 0.717) is 37.1 Å². The van der Waals surface area contributed by atoms with E-state index < -0.39 is 0 Å². The van der Waals surface area contributed by atoms with Gasteiger partial charge in [-0.25, -0.2) is 4.68 Å². The fourth-order valence-corrected chi connectivity index (χ4v) is 2.14. The first-order valence-electron chi connectivity index (χ1n) is 6.50. The number of hydrogen-bond donors (Lipinski definition) is 1. The number of ketones is 1. The van der Waals surface area contributed by atoms with Gasteiger partial charge in [-0.15, -0.1) is 0 Å². The molecular weight excluding hydrogens is 262 g/mol. The normalized spacial score (nSPS) is 15.5. The molecule has 1 aliphatic heterocycles. The second-order valence-electron chi connectivity index (χ2n) is 5.00. The van der Waals surface area contributed by atoms with Gasteiger partial charge in [0.1, 0.15) is 12.3 Å². The van der Waals surface area contributed by atoms with Gasteiger partial charge in [0, 0.05) is 37.1 Å². The zero-order valence-corrected chi connectivity index (χ0v) is 11.6. The second-order valence-corrected chi connectivity index (χ2v) is 5.00. The lowest BCUT2D eigenvalue weighted by atomic mass is 10.1. The van der Waals surface area contributed by atoms with Crippen molar-refractivity contribution in [2.45, 2.75) is 33.2 Å². The number of hydrogen-bond acceptors (Lipinski definition) is 4. The molecule has 0 bridgehead atoms. The topological polar surface area (TPSA) is 92.2 Å². The standard InChI is InChI=1S/C13H17N3O4/c1-8-9(2)13(20)16(14-12(8)19)7-11(18)15-5-3-10(17)4-6-15/h3-7H2,1-2H3,(H,14,19). The van der Waals surface area contributed by atoms with Crippen LogP contribution >= 0.6 is 0 Å². The van der Waals surface area contributed by atoms with E-state index >= 15 is 0 Å². The van der Waals surface area contributed by atoms with Gasteiger partial charge in [-0.05, 0) is 13.8 Å². The molecule has 1 fully saturated rings. The highest BCUT2D eigenvalue weighted by molar-refractivity contribution is 5.83. The Morgan fingerprint density at radius 1 is 1.10 bits per heavy atom. The maximum Gasteiger partial charge on any atom is 0.268 e. The van der Waals surface area contributed by atoms with Gasteiger partial charge in [0.05, 0.1) is 0 Å². The number of nitrogens with one attached hydrogen (secondary N) is 1. The van der Waals surface area contributed by atoms with Crippen LogP contribution in [0.4, 0.5) is 0 Å². The highest BCUT2D eigenvalue weighted by Gasteiger charge is 2.21. The van der Waals surface area contributed by atoms with Crippen molar-refractivity contribution in [3.63, 3.8) is 0 Å². The van der Waals surface area contributed by atoms with Crippen LogP contribution in [0.15, 0.2) is 9.59 Å². The highest BCUT2D eigenvalue weighted by Crippen LogP contribution is 2.06. The number of aromatic amines is 1. The summed E-state index contributed by atoms with van der Waals surface area (Å²) in [6, 6.07) is 0. The molecule has 2 rings (SSSR count).